The average Bonchev–Trinajstić information content (AvgIpc) is 2.92. The molecule has 0 aliphatic carbocycles. The van der Waals surface area contributed by atoms with Crippen LogP contribution in [0.25, 0.3) is 0 Å². The van der Waals surface area contributed by atoms with Gasteiger partial charge in [-0.3, -0.25) is 9.59 Å². The molecular weight excluding hydrogens is 546 g/mol. The number of nitrogens with two attached hydrogens (primary N) is 1. The molecule has 0 aromatic rings. The van der Waals surface area contributed by atoms with E-state index in [9.17, 15) is 55.2 Å². The molecule has 0 aromatic heterocycles. The minimum Gasteiger partial charge on any atom is -0.394 e. The van der Waals surface area contributed by atoms with Crippen LogP contribution in [0.5, 0.6) is 0 Å². The Hall–Kier alpha value is -1.91. The highest BCUT2D eigenvalue weighted by Crippen LogP contribution is 2.28. The molecule has 2 fully saturated rings. The van der Waals surface area contributed by atoms with Crippen LogP contribution in [0.3, 0.4) is 0 Å². The summed E-state index contributed by atoms with van der Waals surface area (Å²) in [6, 6.07) is -4.67. The lowest BCUT2D eigenvalue weighted by molar-refractivity contribution is -0.323. The van der Waals surface area contributed by atoms with Crippen LogP contribution in [0, 0.1) is 0 Å². The van der Waals surface area contributed by atoms with Gasteiger partial charge in [-0.15, -0.1) is 0 Å². The molecule has 18 nitrogen and oxygen atoms in total. The lowest BCUT2D eigenvalue weighted by Gasteiger charge is -2.46. The molecule has 14 atom stereocenters. The summed E-state index contributed by atoms with van der Waals surface area (Å²) in [6.07, 6.45) is -18.4. The number of amides is 2. The maximum Gasteiger partial charge on any atom is 0.217 e. The fourth-order valence-electron chi connectivity index (χ4n) is 4.41. The van der Waals surface area contributed by atoms with E-state index in [0.717, 1.165) is 13.8 Å². The summed E-state index contributed by atoms with van der Waals surface area (Å²) in [5, 5.41) is 85.3. The topological polar surface area (TPSA) is 300 Å². The van der Waals surface area contributed by atoms with Crippen LogP contribution in [-0.2, 0) is 33.3 Å². The minimum atomic E-state index is -1.90. The van der Waals surface area contributed by atoms with Crippen molar-refractivity contribution in [3.8, 4) is 0 Å². The third kappa shape index (κ3) is 8.10. The zero-order chi connectivity index (χ0) is 30.3. The molecule has 12 N–H and O–H groups in total. The molecule has 2 aliphatic rings. The van der Waals surface area contributed by atoms with Gasteiger partial charge in [-0.2, -0.15) is 0 Å². The first-order chi connectivity index (χ1) is 18.8. The van der Waals surface area contributed by atoms with Crippen LogP contribution >= 0.6 is 0 Å². The molecule has 0 spiro atoms. The molecule has 0 radical (unpaired) electrons. The molecule has 0 saturated carbocycles. The molecule has 2 amide bonds. The van der Waals surface area contributed by atoms with E-state index in [0.29, 0.717) is 0 Å². The van der Waals surface area contributed by atoms with Gasteiger partial charge in [0, 0.05) is 13.8 Å². The van der Waals surface area contributed by atoms with Crippen LogP contribution in [-0.4, -0.2) is 164 Å². The SMILES string of the molecule is CC(=O)NC(C=O)C(OC1OC(CO)C(O)C(O)C1NC(C)=O)C(OC1OC(CO)C(O)C(O)C1N)C(O)CO. The number of ether oxygens (including phenoxy) is 4. The number of carbonyl (C=O) groups excluding carboxylic acids is 3. The van der Waals surface area contributed by atoms with Gasteiger partial charge in [0.1, 0.15) is 73.3 Å². The second-order valence-corrected chi connectivity index (χ2v) is 9.53. The van der Waals surface area contributed by atoms with Crippen molar-refractivity contribution in [1.82, 2.24) is 10.6 Å². The van der Waals surface area contributed by atoms with Gasteiger partial charge in [0.25, 0.3) is 0 Å². The van der Waals surface area contributed by atoms with Crippen LogP contribution < -0.4 is 16.4 Å². The minimum absolute atomic E-state index is 0.189. The zero-order valence-electron chi connectivity index (χ0n) is 21.8. The summed E-state index contributed by atoms with van der Waals surface area (Å²) in [4.78, 5) is 35.8. The van der Waals surface area contributed by atoms with Crippen LogP contribution in [0.4, 0.5) is 0 Å². The van der Waals surface area contributed by atoms with Crippen molar-refractivity contribution in [1.29, 1.82) is 0 Å². The van der Waals surface area contributed by atoms with Gasteiger partial charge in [-0.05, 0) is 0 Å². The Morgan fingerprint density at radius 2 is 1.40 bits per heavy atom. The van der Waals surface area contributed by atoms with E-state index >= 15 is 0 Å². The van der Waals surface area contributed by atoms with Gasteiger partial charge in [0.15, 0.2) is 12.6 Å². The Morgan fingerprint density at radius 3 is 1.88 bits per heavy atom. The third-order valence-corrected chi connectivity index (χ3v) is 6.52. The Kier molecular flexibility index (Phi) is 13.2. The van der Waals surface area contributed by atoms with Crippen molar-refractivity contribution in [2.45, 2.75) is 99.5 Å². The van der Waals surface area contributed by atoms with E-state index in [2.05, 4.69) is 10.6 Å². The number of aliphatic hydroxyl groups is 8. The van der Waals surface area contributed by atoms with Crippen LogP contribution in [0.1, 0.15) is 13.8 Å². The predicted octanol–water partition coefficient (Wildman–Crippen LogP) is -7.48. The second kappa shape index (κ2) is 15.4. The smallest absolute Gasteiger partial charge is 0.217 e. The Balaban J connectivity index is 2.52. The van der Waals surface area contributed by atoms with Gasteiger partial charge in [0.05, 0.1) is 25.9 Å². The van der Waals surface area contributed by atoms with Gasteiger partial charge in [0.2, 0.25) is 11.8 Å². The highest BCUT2D eigenvalue weighted by molar-refractivity contribution is 5.77. The van der Waals surface area contributed by atoms with Crippen LogP contribution in [0.15, 0.2) is 0 Å². The standard InChI is InChI=1S/C22H39N3O15/c1-7(30)24-9(3-26)19(39-22-14(25-8(2)31)18(36)16(34)12(6-29)38-22)20(10(32)4-27)40-21-13(23)17(35)15(33)11(5-28)37-21/h3,9-22,27-29,32-36H,4-6,23H2,1-2H3,(H,24,30)(H,25,31). The second-order valence-electron chi connectivity index (χ2n) is 9.53. The maximum absolute atomic E-state index is 12.1. The average molecular weight is 586 g/mol. The molecule has 40 heavy (non-hydrogen) atoms. The first-order valence-corrected chi connectivity index (χ1v) is 12.4. The van der Waals surface area contributed by atoms with Crippen molar-refractivity contribution in [3.63, 3.8) is 0 Å². The first kappa shape index (κ1) is 34.3. The van der Waals surface area contributed by atoms with Gasteiger partial charge in [-0.25, -0.2) is 0 Å². The first-order valence-electron chi connectivity index (χ1n) is 12.4. The lowest BCUT2D eigenvalue weighted by atomic mass is 9.95. The molecule has 0 bridgehead atoms. The predicted molar refractivity (Wildman–Crippen MR) is 128 cm³/mol. The Bertz CT molecular complexity index is 837. The summed E-state index contributed by atoms with van der Waals surface area (Å²) in [6.45, 7) is -0.483. The monoisotopic (exact) mass is 585 g/mol. The number of nitrogens with one attached hydrogen (secondary N) is 2. The van der Waals surface area contributed by atoms with Crippen molar-refractivity contribution in [2.24, 2.45) is 5.73 Å². The van der Waals surface area contributed by atoms with Crippen molar-refractivity contribution < 1.29 is 74.2 Å². The Labute approximate surface area is 228 Å². The number of hydrogen-bond donors (Lipinski definition) is 11. The molecule has 2 heterocycles. The van der Waals surface area contributed by atoms with E-state index in [1.807, 2.05) is 0 Å². The summed E-state index contributed by atoms with van der Waals surface area (Å²) < 4.78 is 22.5. The largest absolute Gasteiger partial charge is 0.394 e. The van der Waals surface area contributed by atoms with Gasteiger partial charge >= 0.3 is 0 Å². The normalized spacial score (nSPS) is 37.6. The van der Waals surface area contributed by atoms with Crippen LogP contribution in [0.2, 0.25) is 0 Å². The fraction of sp³-hybridized carbons (Fsp3) is 0.864. The molecule has 2 saturated heterocycles. The van der Waals surface area contributed by atoms with Gasteiger partial charge in [-0.1, -0.05) is 0 Å². The highest BCUT2D eigenvalue weighted by atomic mass is 16.7. The van der Waals surface area contributed by atoms with Crippen molar-refractivity contribution >= 4 is 18.1 Å². The number of aldehydes is 1. The summed E-state index contributed by atoms with van der Waals surface area (Å²) in [5.74, 6) is -1.45. The molecule has 232 valence electrons. The Morgan fingerprint density at radius 1 is 0.875 bits per heavy atom. The summed E-state index contributed by atoms with van der Waals surface area (Å²) in [5.41, 5.74) is 5.91. The zero-order valence-corrected chi connectivity index (χ0v) is 21.8. The van der Waals surface area contributed by atoms with Crippen molar-refractivity contribution in [2.75, 3.05) is 19.8 Å². The summed E-state index contributed by atoms with van der Waals surface area (Å²) in [7, 11) is 0. The number of aliphatic hydroxyl groups excluding tert-OH is 8. The quantitative estimate of drug-likeness (QED) is 0.0894. The van der Waals surface area contributed by atoms with Gasteiger partial charge < -0.3 is 81.0 Å². The van der Waals surface area contributed by atoms with E-state index < -0.39 is 117 Å². The maximum atomic E-state index is 12.1. The molecule has 18 heteroatoms. The van der Waals surface area contributed by atoms with Crippen molar-refractivity contribution in [3.05, 3.63) is 0 Å². The number of rotatable bonds is 13. The molecule has 2 rings (SSSR count). The number of carbonyl (C=O) groups is 3. The highest BCUT2D eigenvalue weighted by Gasteiger charge is 2.50. The molecular formula is C22H39N3O15. The lowest BCUT2D eigenvalue weighted by Crippen LogP contribution is -2.68. The molecule has 0 aromatic carbocycles. The molecule has 2 aliphatic heterocycles. The van der Waals surface area contributed by atoms with E-state index in [1.54, 1.807) is 0 Å². The molecule has 14 unspecified atom stereocenters. The summed E-state index contributed by atoms with van der Waals surface area (Å²) >= 11 is 0. The third-order valence-electron chi connectivity index (χ3n) is 6.52. The number of hydrogen-bond acceptors (Lipinski definition) is 16. The van der Waals surface area contributed by atoms with E-state index in [1.165, 1.54) is 0 Å². The van der Waals surface area contributed by atoms with E-state index in [-0.39, 0.29) is 6.29 Å². The fourth-order valence-corrected chi connectivity index (χ4v) is 4.41. The van der Waals surface area contributed by atoms with E-state index in [4.69, 9.17) is 24.7 Å².